The Hall–Kier alpha value is -3.50. The van der Waals surface area contributed by atoms with E-state index in [2.05, 4.69) is 34.4 Å². The number of fused-ring (bicyclic) bond motifs is 1. The van der Waals surface area contributed by atoms with E-state index >= 15 is 0 Å². The Morgan fingerprint density at radius 2 is 1.94 bits per heavy atom. The van der Waals surface area contributed by atoms with Crippen LogP contribution in [0.5, 0.6) is 11.5 Å². The summed E-state index contributed by atoms with van der Waals surface area (Å²) in [7, 11) is 0. The van der Waals surface area contributed by atoms with Crippen molar-refractivity contribution in [2.75, 3.05) is 37.5 Å². The molecular weight excluding hydrogens is 468 g/mol. The third-order valence-electron chi connectivity index (χ3n) is 5.59. The topological polar surface area (TPSA) is 106 Å². The highest BCUT2D eigenvalue weighted by Gasteiger charge is 2.23. The van der Waals surface area contributed by atoms with Crippen molar-refractivity contribution in [3.05, 3.63) is 66.2 Å². The fraction of sp³-hybridized carbons (Fsp3) is 0.320. The number of carbonyl (C=O) groups excluding carboxylic acids is 2. The zero-order valence-electron chi connectivity index (χ0n) is 19.7. The maximum atomic E-state index is 13.0. The molecule has 0 radical (unpaired) electrons. The molecule has 2 amide bonds. The Bertz CT molecular complexity index is 1150. The molecule has 9 nitrogen and oxygen atoms in total. The Labute approximate surface area is 208 Å². The normalized spacial score (nSPS) is 13.0. The van der Waals surface area contributed by atoms with Crippen molar-refractivity contribution in [2.45, 2.75) is 24.9 Å². The van der Waals surface area contributed by atoms with Crippen LogP contribution < -0.4 is 20.1 Å². The summed E-state index contributed by atoms with van der Waals surface area (Å²) in [6, 6.07) is 12.3. The molecule has 3 aromatic rings. The number of aromatic nitrogens is 1. The Balaban J connectivity index is 1.36. The van der Waals surface area contributed by atoms with Crippen LogP contribution in [0.4, 0.5) is 5.69 Å². The molecule has 0 saturated heterocycles. The summed E-state index contributed by atoms with van der Waals surface area (Å²) in [4.78, 5) is 32.1. The number of pyridine rings is 1. The number of furan rings is 1. The van der Waals surface area contributed by atoms with E-state index in [0.717, 1.165) is 18.8 Å². The molecule has 0 bridgehead atoms. The van der Waals surface area contributed by atoms with Crippen molar-refractivity contribution in [1.82, 2.24) is 15.2 Å². The van der Waals surface area contributed by atoms with Gasteiger partial charge in [0.05, 0.1) is 23.6 Å². The average molecular weight is 497 g/mol. The van der Waals surface area contributed by atoms with Gasteiger partial charge in [0.25, 0.3) is 5.91 Å². The molecule has 0 fully saturated rings. The molecular formula is C25H28N4O5S. The van der Waals surface area contributed by atoms with Gasteiger partial charge in [-0.15, -0.1) is 0 Å². The zero-order chi connectivity index (χ0) is 24.6. The molecule has 4 rings (SSSR count). The maximum Gasteiger partial charge on any atom is 0.254 e. The third-order valence-corrected chi connectivity index (χ3v) is 6.60. The van der Waals surface area contributed by atoms with E-state index in [1.165, 1.54) is 11.8 Å². The second kappa shape index (κ2) is 11.8. The van der Waals surface area contributed by atoms with E-state index < -0.39 is 0 Å². The van der Waals surface area contributed by atoms with Crippen LogP contribution in [0.3, 0.4) is 0 Å². The van der Waals surface area contributed by atoms with Crippen LogP contribution in [0.1, 0.15) is 36.0 Å². The van der Waals surface area contributed by atoms with E-state index in [-0.39, 0.29) is 30.4 Å². The van der Waals surface area contributed by atoms with Crippen molar-refractivity contribution in [3.8, 4) is 11.5 Å². The third kappa shape index (κ3) is 6.14. The summed E-state index contributed by atoms with van der Waals surface area (Å²) >= 11 is 1.21. The smallest absolute Gasteiger partial charge is 0.254 e. The number of nitrogens with zero attached hydrogens (tertiary/aromatic N) is 2. The highest BCUT2D eigenvalue weighted by Crippen LogP contribution is 2.34. The molecule has 1 unspecified atom stereocenters. The Morgan fingerprint density at radius 3 is 2.71 bits per heavy atom. The number of benzene rings is 1. The fourth-order valence-corrected chi connectivity index (χ4v) is 4.62. The lowest BCUT2D eigenvalue weighted by atomic mass is 10.1. The zero-order valence-corrected chi connectivity index (χ0v) is 20.5. The maximum absolute atomic E-state index is 13.0. The molecule has 1 atom stereocenters. The van der Waals surface area contributed by atoms with Gasteiger partial charge in [-0.05, 0) is 49.5 Å². The lowest BCUT2D eigenvalue weighted by Gasteiger charge is -2.28. The van der Waals surface area contributed by atoms with Crippen LogP contribution in [0.2, 0.25) is 0 Å². The van der Waals surface area contributed by atoms with Crippen LogP contribution in [0.15, 0.2) is 64.4 Å². The predicted molar refractivity (Wildman–Crippen MR) is 133 cm³/mol. The van der Waals surface area contributed by atoms with Gasteiger partial charge in [-0.3, -0.25) is 14.5 Å². The largest absolute Gasteiger partial charge is 0.468 e. The number of carbonyl (C=O) groups is 2. The number of amides is 2. The van der Waals surface area contributed by atoms with E-state index in [1.54, 1.807) is 42.8 Å². The van der Waals surface area contributed by atoms with Gasteiger partial charge >= 0.3 is 0 Å². The van der Waals surface area contributed by atoms with Gasteiger partial charge in [-0.1, -0.05) is 25.6 Å². The summed E-state index contributed by atoms with van der Waals surface area (Å²) in [6.45, 7) is 6.35. The molecule has 0 spiro atoms. The summed E-state index contributed by atoms with van der Waals surface area (Å²) in [5.41, 5.74) is 1.03. The van der Waals surface area contributed by atoms with E-state index in [9.17, 15) is 9.59 Å². The minimum atomic E-state index is -0.250. The molecule has 184 valence electrons. The molecule has 2 aromatic heterocycles. The number of ether oxygens (including phenoxy) is 2. The Morgan fingerprint density at radius 1 is 1.11 bits per heavy atom. The van der Waals surface area contributed by atoms with Gasteiger partial charge in [-0.25, -0.2) is 4.98 Å². The van der Waals surface area contributed by atoms with Gasteiger partial charge in [0.2, 0.25) is 12.7 Å². The molecule has 1 aromatic carbocycles. The summed E-state index contributed by atoms with van der Waals surface area (Å²) in [6.07, 6.45) is 3.24. The summed E-state index contributed by atoms with van der Waals surface area (Å²) in [5.74, 6) is 1.68. The molecule has 2 N–H and O–H groups in total. The van der Waals surface area contributed by atoms with Crippen LogP contribution in [-0.4, -0.2) is 53.9 Å². The number of hydrogen-bond acceptors (Lipinski definition) is 8. The Kier molecular flexibility index (Phi) is 8.27. The number of likely N-dealkylation sites (N-methyl/N-ethyl adjacent to an activating group) is 1. The van der Waals surface area contributed by atoms with Crippen molar-refractivity contribution in [2.24, 2.45) is 0 Å². The van der Waals surface area contributed by atoms with Crippen LogP contribution in [0.25, 0.3) is 0 Å². The molecule has 35 heavy (non-hydrogen) atoms. The first kappa shape index (κ1) is 24.6. The highest BCUT2D eigenvalue weighted by molar-refractivity contribution is 8.00. The van der Waals surface area contributed by atoms with Crippen LogP contribution in [0, 0.1) is 0 Å². The van der Waals surface area contributed by atoms with Gasteiger partial charge in [0.1, 0.15) is 10.8 Å². The van der Waals surface area contributed by atoms with Gasteiger partial charge in [-0.2, -0.15) is 0 Å². The van der Waals surface area contributed by atoms with Crippen molar-refractivity contribution in [1.29, 1.82) is 0 Å². The number of anilines is 1. The summed E-state index contributed by atoms with van der Waals surface area (Å²) < 4.78 is 16.2. The summed E-state index contributed by atoms with van der Waals surface area (Å²) in [5, 5.41) is 6.33. The molecule has 0 saturated carbocycles. The molecule has 0 aliphatic carbocycles. The highest BCUT2D eigenvalue weighted by atomic mass is 32.2. The SMILES string of the molecule is CCN(CC)C(CNC(=O)c1cccnc1SCC(=O)Nc1ccc2c(c1)OCO2)c1ccco1. The minimum absolute atomic E-state index is 0.0794. The first-order chi connectivity index (χ1) is 17.1. The average Bonchev–Trinajstić information content (AvgIpc) is 3.57. The van der Waals surface area contributed by atoms with Crippen LogP contribution in [-0.2, 0) is 4.79 Å². The second-order valence-corrected chi connectivity index (χ2v) is 8.69. The molecule has 1 aliphatic heterocycles. The first-order valence-corrected chi connectivity index (χ1v) is 12.4. The van der Waals surface area contributed by atoms with Gasteiger partial charge in [0, 0.05) is 24.5 Å². The first-order valence-electron chi connectivity index (χ1n) is 11.4. The van der Waals surface area contributed by atoms with E-state index in [1.807, 2.05) is 12.1 Å². The van der Waals surface area contributed by atoms with Crippen molar-refractivity contribution in [3.63, 3.8) is 0 Å². The minimum Gasteiger partial charge on any atom is -0.468 e. The molecule has 1 aliphatic rings. The lowest BCUT2D eigenvalue weighted by molar-refractivity contribution is -0.113. The molecule has 10 heteroatoms. The second-order valence-electron chi connectivity index (χ2n) is 7.72. The standard InChI is InChI=1S/C25H28N4O5S/c1-3-29(4-2)19(20-8-6-12-32-20)14-27-24(31)18-7-5-11-26-25(18)35-15-23(30)28-17-9-10-21-22(13-17)34-16-33-21/h5-13,19H,3-4,14-16H2,1-2H3,(H,27,31)(H,28,30). The predicted octanol–water partition coefficient (Wildman–Crippen LogP) is 3.95. The lowest BCUT2D eigenvalue weighted by Crippen LogP contribution is -2.38. The quantitative estimate of drug-likeness (QED) is 0.385. The fourth-order valence-electron chi connectivity index (χ4n) is 3.82. The van der Waals surface area contributed by atoms with Crippen LogP contribution >= 0.6 is 11.8 Å². The van der Waals surface area contributed by atoms with Gasteiger partial charge < -0.3 is 24.5 Å². The number of hydrogen-bond donors (Lipinski definition) is 2. The van der Waals surface area contributed by atoms with E-state index in [0.29, 0.717) is 34.3 Å². The van der Waals surface area contributed by atoms with Gasteiger partial charge in [0.15, 0.2) is 11.5 Å². The monoisotopic (exact) mass is 496 g/mol. The van der Waals surface area contributed by atoms with E-state index in [4.69, 9.17) is 13.9 Å². The van der Waals surface area contributed by atoms with Crippen molar-refractivity contribution >= 4 is 29.3 Å². The number of rotatable bonds is 11. The number of thioether (sulfide) groups is 1. The number of nitrogens with one attached hydrogen (secondary N) is 2. The van der Waals surface area contributed by atoms with Crippen molar-refractivity contribution < 1.29 is 23.5 Å². The molecule has 3 heterocycles.